The third-order valence-corrected chi connectivity index (χ3v) is 2.05. The fourth-order valence-electron chi connectivity index (χ4n) is 1.07. The maximum absolute atomic E-state index is 12.4. The van der Waals surface area contributed by atoms with E-state index in [4.69, 9.17) is 17.4 Å². The molecule has 0 aliphatic carbocycles. The largest absolute Gasteiger partial charge is 0.409 e. The van der Waals surface area contributed by atoms with Gasteiger partial charge in [0, 0.05) is 5.02 Å². The summed E-state index contributed by atoms with van der Waals surface area (Å²) >= 11 is 5.61. The normalized spacial score (nSPS) is 14.1. The van der Waals surface area contributed by atoms with E-state index in [2.05, 4.69) is 0 Å². The summed E-state index contributed by atoms with van der Waals surface area (Å²) in [6.07, 6.45) is -4.46. The standard InChI is InChI=1S/C8H8ClF3N2/c9-6-4-2-1-3-5(6)7(14-13)8(10,11)12/h1-4,7,14H,13H2. The summed E-state index contributed by atoms with van der Waals surface area (Å²) in [4.78, 5) is 0. The van der Waals surface area contributed by atoms with Gasteiger partial charge < -0.3 is 0 Å². The Morgan fingerprint density at radius 2 is 1.86 bits per heavy atom. The van der Waals surface area contributed by atoms with Gasteiger partial charge in [-0.1, -0.05) is 29.8 Å². The maximum Gasteiger partial charge on any atom is 0.409 e. The summed E-state index contributed by atoms with van der Waals surface area (Å²) in [5.41, 5.74) is 1.61. The molecule has 0 aliphatic rings. The van der Waals surface area contributed by atoms with Gasteiger partial charge in [-0.2, -0.15) is 13.2 Å². The Labute approximate surface area is 83.8 Å². The van der Waals surface area contributed by atoms with Crippen molar-refractivity contribution < 1.29 is 13.2 Å². The second-order valence-electron chi connectivity index (χ2n) is 2.66. The molecule has 0 amide bonds. The van der Waals surface area contributed by atoms with E-state index >= 15 is 0 Å². The Morgan fingerprint density at radius 1 is 1.29 bits per heavy atom. The van der Waals surface area contributed by atoms with E-state index in [0.29, 0.717) is 0 Å². The highest BCUT2D eigenvalue weighted by Crippen LogP contribution is 2.35. The highest BCUT2D eigenvalue weighted by molar-refractivity contribution is 6.31. The monoisotopic (exact) mass is 224 g/mol. The van der Waals surface area contributed by atoms with Gasteiger partial charge in [-0.15, -0.1) is 0 Å². The van der Waals surface area contributed by atoms with Crippen molar-refractivity contribution in [3.63, 3.8) is 0 Å². The molecule has 14 heavy (non-hydrogen) atoms. The summed E-state index contributed by atoms with van der Waals surface area (Å²) in [5, 5.41) is 0.0350. The average Bonchev–Trinajstić information content (AvgIpc) is 2.07. The van der Waals surface area contributed by atoms with E-state index in [9.17, 15) is 13.2 Å². The van der Waals surface area contributed by atoms with E-state index in [1.807, 2.05) is 0 Å². The molecule has 6 heteroatoms. The molecule has 0 saturated heterocycles. The lowest BCUT2D eigenvalue weighted by atomic mass is 10.1. The van der Waals surface area contributed by atoms with Crippen LogP contribution in [0.5, 0.6) is 0 Å². The minimum absolute atomic E-state index is 0.0350. The summed E-state index contributed by atoms with van der Waals surface area (Å²) in [6.45, 7) is 0. The molecule has 1 unspecified atom stereocenters. The zero-order valence-electron chi connectivity index (χ0n) is 6.98. The molecule has 0 heterocycles. The highest BCUT2D eigenvalue weighted by atomic mass is 35.5. The van der Waals surface area contributed by atoms with Gasteiger partial charge in [0.15, 0.2) is 0 Å². The zero-order valence-corrected chi connectivity index (χ0v) is 7.73. The van der Waals surface area contributed by atoms with Gasteiger partial charge in [-0.25, -0.2) is 5.43 Å². The van der Waals surface area contributed by atoms with Gasteiger partial charge >= 0.3 is 6.18 Å². The number of rotatable bonds is 2. The van der Waals surface area contributed by atoms with Crippen LogP contribution in [0, 0.1) is 0 Å². The SMILES string of the molecule is NNC(c1ccccc1Cl)C(F)(F)F. The van der Waals surface area contributed by atoms with Crippen LogP contribution in [0.4, 0.5) is 13.2 Å². The Bertz CT molecular complexity index is 314. The first-order valence-corrected chi connectivity index (χ1v) is 4.12. The number of alkyl halides is 3. The van der Waals surface area contributed by atoms with Crippen molar-refractivity contribution in [2.45, 2.75) is 12.2 Å². The molecule has 0 radical (unpaired) electrons. The quantitative estimate of drug-likeness (QED) is 0.598. The van der Waals surface area contributed by atoms with Gasteiger partial charge in [-0.3, -0.25) is 5.84 Å². The molecular weight excluding hydrogens is 217 g/mol. The Balaban J connectivity index is 3.08. The second kappa shape index (κ2) is 4.16. The molecule has 1 atom stereocenters. The van der Waals surface area contributed by atoms with Crippen LogP contribution >= 0.6 is 11.6 Å². The molecule has 78 valence electrons. The summed E-state index contributed by atoms with van der Waals surface area (Å²) in [6, 6.07) is 3.75. The van der Waals surface area contributed by atoms with Gasteiger partial charge in [0.05, 0.1) is 0 Å². The molecule has 0 bridgehead atoms. The molecule has 1 aromatic rings. The van der Waals surface area contributed by atoms with Crippen LogP contribution in [-0.4, -0.2) is 6.18 Å². The topological polar surface area (TPSA) is 38.0 Å². The molecule has 1 aromatic carbocycles. The first-order valence-electron chi connectivity index (χ1n) is 3.74. The molecule has 3 N–H and O–H groups in total. The van der Waals surface area contributed by atoms with E-state index in [-0.39, 0.29) is 10.6 Å². The smallest absolute Gasteiger partial charge is 0.271 e. The van der Waals surface area contributed by atoms with Gasteiger partial charge in [-0.05, 0) is 11.6 Å². The summed E-state index contributed by atoms with van der Waals surface area (Å²) in [7, 11) is 0. The van der Waals surface area contributed by atoms with Crippen LogP contribution in [0.25, 0.3) is 0 Å². The number of benzene rings is 1. The molecule has 0 aliphatic heterocycles. The van der Waals surface area contributed by atoms with E-state index in [0.717, 1.165) is 0 Å². The lowest BCUT2D eigenvalue weighted by Gasteiger charge is -2.20. The fraction of sp³-hybridized carbons (Fsp3) is 0.250. The predicted molar refractivity (Wildman–Crippen MR) is 47.6 cm³/mol. The van der Waals surface area contributed by atoms with E-state index in [1.54, 1.807) is 11.5 Å². The van der Waals surface area contributed by atoms with Crippen LogP contribution in [-0.2, 0) is 0 Å². The third kappa shape index (κ3) is 2.37. The molecule has 0 fully saturated rings. The second-order valence-corrected chi connectivity index (χ2v) is 3.07. The van der Waals surface area contributed by atoms with Crippen molar-refractivity contribution in [1.82, 2.24) is 5.43 Å². The molecule has 0 aromatic heterocycles. The highest BCUT2D eigenvalue weighted by Gasteiger charge is 2.40. The fourth-order valence-corrected chi connectivity index (χ4v) is 1.31. The van der Waals surface area contributed by atoms with Gasteiger partial charge in [0.1, 0.15) is 6.04 Å². The minimum atomic E-state index is -4.46. The molecular formula is C8H8ClF3N2. The number of nitrogens with two attached hydrogens (primary N) is 1. The van der Waals surface area contributed by atoms with Crippen LogP contribution in [0.2, 0.25) is 5.02 Å². The first-order chi connectivity index (χ1) is 6.46. The van der Waals surface area contributed by atoms with Crippen LogP contribution in [0.3, 0.4) is 0 Å². The van der Waals surface area contributed by atoms with Crippen LogP contribution < -0.4 is 11.3 Å². The molecule has 1 rings (SSSR count). The van der Waals surface area contributed by atoms with Crippen molar-refractivity contribution in [2.75, 3.05) is 0 Å². The number of nitrogens with one attached hydrogen (secondary N) is 1. The van der Waals surface area contributed by atoms with Crippen molar-refractivity contribution in [1.29, 1.82) is 0 Å². The van der Waals surface area contributed by atoms with Crippen molar-refractivity contribution in [3.8, 4) is 0 Å². The van der Waals surface area contributed by atoms with Gasteiger partial charge in [0.2, 0.25) is 0 Å². The summed E-state index contributed by atoms with van der Waals surface area (Å²) in [5.74, 6) is 4.83. The number of hydrogen-bond acceptors (Lipinski definition) is 2. The Morgan fingerprint density at radius 3 is 2.29 bits per heavy atom. The van der Waals surface area contributed by atoms with Gasteiger partial charge in [0.25, 0.3) is 0 Å². The van der Waals surface area contributed by atoms with Crippen LogP contribution in [0.15, 0.2) is 24.3 Å². The molecule has 0 spiro atoms. The van der Waals surface area contributed by atoms with Crippen molar-refractivity contribution >= 4 is 11.6 Å². The molecule has 0 saturated carbocycles. The Kier molecular flexibility index (Phi) is 3.36. The van der Waals surface area contributed by atoms with Crippen molar-refractivity contribution in [2.24, 2.45) is 5.84 Å². The van der Waals surface area contributed by atoms with E-state index in [1.165, 1.54) is 18.2 Å². The first kappa shape index (κ1) is 11.3. The maximum atomic E-state index is 12.4. The zero-order chi connectivity index (χ0) is 10.8. The average molecular weight is 225 g/mol. The van der Waals surface area contributed by atoms with Crippen molar-refractivity contribution in [3.05, 3.63) is 34.9 Å². The number of hydrogen-bond donors (Lipinski definition) is 2. The lowest BCUT2D eigenvalue weighted by molar-refractivity contribution is -0.157. The van der Waals surface area contributed by atoms with Crippen LogP contribution in [0.1, 0.15) is 11.6 Å². The van der Waals surface area contributed by atoms with E-state index < -0.39 is 12.2 Å². The Hall–Kier alpha value is -0.780. The number of hydrazine groups is 1. The number of halogens is 4. The lowest BCUT2D eigenvalue weighted by Crippen LogP contribution is -2.38. The molecule has 2 nitrogen and oxygen atoms in total. The minimum Gasteiger partial charge on any atom is -0.271 e. The summed E-state index contributed by atoms with van der Waals surface area (Å²) < 4.78 is 37.2. The third-order valence-electron chi connectivity index (χ3n) is 1.71. The predicted octanol–water partition coefficient (Wildman–Crippen LogP) is 2.41.